The number of benzene rings is 1. The number of amides is 1. The van der Waals surface area contributed by atoms with E-state index in [0.717, 1.165) is 15.2 Å². The minimum atomic E-state index is -0.103. The zero-order valence-corrected chi connectivity index (χ0v) is 13.2. The fourth-order valence-electron chi connectivity index (χ4n) is 2.09. The summed E-state index contributed by atoms with van der Waals surface area (Å²) in [5.74, 6) is -0.103. The number of para-hydroxylation sites is 1. The van der Waals surface area contributed by atoms with Crippen molar-refractivity contribution in [1.29, 1.82) is 0 Å². The second kappa shape index (κ2) is 5.50. The van der Waals surface area contributed by atoms with Crippen LogP contribution in [0, 0.1) is 0 Å². The number of halogens is 1. The maximum Gasteiger partial charge on any atom is 0.270 e. The molecule has 2 aromatic heterocycles. The number of carbonyl (C=O) groups excluding carboxylic acids is 1. The van der Waals surface area contributed by atoms with Gasteiger partial charge in [0.1, 0.15) is 10.7 Å². The minimum absolute atomic E-state index is 0.100. The first-order valence-corrected chi connectivity index (χ1v) is 7.72. The summed E-state index contributed by atoms with van der Waals surface area (Å²) < 4.78 is 1.13. The van der Waals surface area contributed by atoms with Crippen molar-refractivity contribution >= 4 is 39.1 Å². The lowest BCUT2D eigenvalue weighted by molar-refractivity contribution is 0.0737. The van der Waals surface area contributed by atoms with Crippen molar-refractivity contribution in [2.24, 2.45) is 0 Å². The lowest BCUT2D eigenvalue weighted by Crippen LogP contribution is -2.29. The second-order valence-electron chi connectivity index (χ2n) is 4.84. The van der Waals surface area contributed by atoms with Crippen LogP contribution in [-0.2, 0) is 0 Å². The molecule has 1 aromatic carbocycles. The zero-order chi connectivity index (χ0) is 15.0. The highest BCUT2D eigenvalue weighted by Gasteiger charge is 2.22. The zero-order valence-electron chi connectivity index (χ0n) is 11.6. The van der Waals surface area contributed by atoms with Crippen LogP contribution >= 0.6 is 22.9 Å². The first kappa shape index (κ1) is 14.1. The lowest BCUT2D eigenvalue weighted by Gasteiger charge is -2.22. The normalized spacial score (nSPS) is 12.5. The van der Waals surface area contributed by atoms with Gasteiger partial charge in [-0.25, -0.2) is 4.98 Å². The molecule has 0 saturated carbocycles. The van der Waals surface area contributed by atoms with Crippen LogP contribution in [0.1, 0.15) is 28.5 Å². The van der Waals surface area contributed by atoms with Crippen molar-refractivity contribution in [3.05, 3.63) is 52.3 Å². The third kappa shape index (κ3) is 2.66. The Morgan fingerprint density at radius 1 is 1.43 bits per heavy atom. The molecule has 108 valence electrons. The van der Waals surface area contributed by atoms with Crippen molar-refractivity contribution in [2.45, 2.75) is 13.0 Å². The maximum absolute atomic E-state index is 12.4. The van der Waals surface area contributed by atoms with Gasteiger partial charge >= 0.3 is 0 Å². The van der Waals surface area contributed by atoms with Crippen molar-refractivity contribution < 1.29 is 4.79 Å². The molecule has 4 nitrogen and oxygen atoms in total. The molecule has 6 heteroatoms. The van der Waals surface area contributed by atoms with E-state index < -0.39 is 0 Å². The number of aromatic nitrogens is 2. The summed E-state index contributed by atoms with van der Waals surface area (Å²) in [7, 11) is 1.77. The Morgan fingerprint density at radius 2 is 2.19 bits per heavy atom. The van der Waals surface area contributed by atoms with E-state index in [1.54, 1.807) is 35.5 Å². The monoisotopic (exact) mass is 319 g/mol. The molecule has 1 N–H and O–H groups in total. The third-order valence-electron chi connectivity index (χ3n) is 3.45. The predicted molar refractivity (Wildman–Crippen MR) is 85.9 cm³/mol. The topological polar surface area (TPSA) is 49.0 Å². The number of nitrogens with zero attached hydrogens (tertiary/aromatic N) is 2. The van der Waals surface area contributed by atoms with Crippen molar-refractivity contribution in [3.8, 4) is 0 Å². The van der Waals surface area contributed by atoms with E-state index in [2.05, 4.69) is 9.97 Å². The standard InChI is InChI=1S/C15H14ClN3OS/c1-9(14-18-11-5-3-4-6-13(11)21-14)19(2)15(20)12-7-10(16)8-17-12/h3-9,17H,1-2H3. The average molecular weight is 320 g/mol. The summed E-state index contributed by atoms with van der Waals surface area (Å²) in [5.41, 5.74) is 1.45. The Balaban J connectivity index is 1.86. The lowest BCUT2D eigenvalue weighted by atomic mass is 10.2. The van der Waals surface area contributed by atoms with Gasteiger partial charge in [0.25, 0.3) is 5.91 Å². The molecule has 0 bridgehead atoms. The molecule has 21 heavy (non-hydrogen) atoms. The molecule has 3 aromatic rings. The minimum Gasteiger partial charge on any atom is -0.356 e. The first-order chi connectivity index (χ1) is 10.1. The molecular formula is C15H14ClN3OS. The number of H-pyrrole nitrogens is 1. The van der Waals surface area contributed by atoms with Gasteiger partial charge in [-0.2, -0.15) is 0 Å². The molecule has 0 spiro atoms. The molecule has 0 aliphatic rings. The van der Waals surface area contributed by atoms with Gasteiger partial charge in [0, 0.05) is 13.2 Å². The molecule has 3 rings (SSSR count). The number of hydrogen-bond acceptors (Lipinski definition) is 3. The second-order valence-corrected chi connectivity index (χ2v) is 6.34. The van der Waals surface area contributed by atoms with Gasteiger partial charge < -0.3 is 9.88 Å². The Kier molecular flexibility index (Phi) is 3.69. The van der Waals surface area contributed by atoms with Gasteiger partial charge in [0.2, 0.25) is 0 Å². The number of aromatic amines is 1. The highest BCUT2D eigenvalue weighted by molar-refractivity contribution is 7.18. The fraction of sp³-hybridized carbons (Fsp3) is 0.200. The number of thiazole rings is 1. The summed E-state index contributed by atoms with van der Waals surface area (Å²) in [6, 6.07) is 9.50. The van der Waals surface area contributed by atoms with E-state index in [4.69, 9.17) is 11.6 Å². The molecule has 0 radical (unpaired) electrons. The Hall–Kier alpha value is -1.85. The van der Waals surface area contributed by atoms with Crippen molar-refractivity contribution in [3.63, 3.8) is 0 Å². The summed E-state index contributed by atoms with van der Waals surface area (Å²) >= 11 is 7.46. The number of hydrogen-bond donors (Lipinski definition) is 1. The van der Waals surface area contributed by atoms with Crippen LogP contribution in [0.3, 0.4) is 0 Å². The summed E-state index contributed by atoms with van der Waals surface area (Å²) in [6.45, 7) is 1.97. The molecule has 0 fully saturated rings. The van der Waals surface area contributed by atoms with Crippen LogP contribution < -0.4 is 0 Å². The number of fused-ring (bicyclic) bond motifs is 1. The Bertz CT molecular complexity index is 762. The van der Waals surface area contributed by atoms with Crippen LogP contribution in [-0.4, -0.2) is 27.8 Å². The smallest absolute Gasteiger partial charge is 0.270 e. The van der Waals surface area contributed by atoms with E-state index in [1.165, 1.54) is 0 Å². The number of rotatable bonds is 3. The van der Waals surface area contributed by atoms with Gasteiger partial charge in [0.05, 0.1) is 21.3 Å². The van der Waals surface area contributed by atoms with Crippen LogP contribution in [0.25, 0.3) is 10.2 Å². The van der Waals surface area contributed by atoms with E-state index in [-0.39, 0.29) is 11.9 Å². The van der Waals surface area contributed by atoms with Crippen molar-refractivity contribution in [2.75, 3.05) is 7.05 Å². The molecule has 1 amide bonds. The predicted octanol–water partition coefficient (Wildman–Crippen LogP) is 4.11. The van der Waals surface area contributed by atoms with Gasteiger partial charge in [-0.15, -0.1) is 11.3 Å². The van der Waals surface area contributed by atoms with Crippen LogP contribution in [0.15, 0.2) is 36.5 Å². The van der Waals surface area contributed by atoms with Crippen LogP contribution in [0.2, 0.25) is 5.02 Å². The Morgan fingerprint density at radius 3 is 2.86 bits per heavy atom. The highest BCUT2D eigenvalue weighted by Crippen LogP contribution is 2.29. The largest absolute Gasteiger partial charge is 0.356 e. The number of carbonyl (C=O) groups is 1. The Labute approximate surface area is 131 Å². The van der Waals surface area contributed by atoms with E-state index in [9.17, 15) is 4.79 Å². The maximum atomic E-state index is 12.4. The first-order valence-electron chi connectivity index (χ1n) is 6.53. The molecule has 1 atom stereocenters. The van der Waals surface area contributed by atoms with E-state index >= 15 is 0 Å². The highest BCUT2D eigenvalue weighted by atomic mass is 35.5. The fourth-order valence-corrected chi connectivity index (χ4v) is 3.32. The van der Waals surface area contributed by atoms with Gasteiger partial charge in [-0.1, -0.05) is 23.7 Å². The third-order valence-corrected chi connectivity index (χ3v) is 4.87. The van der Waals surface area contributed by atoms with E-state index in [0.29, 0.717) is 10.7 Å². The van der Waals surface area contributed by atoms with Gasteiger partial charge in [-0.05, 0) is 25.1 Å². The van der Waals surface area contributed by atoms with Gasteiger partial charge in [0.15, 0.2) is 0 Å². The van der Waals surface area contributed by atoms with E-state index in [1.807, 2.05) is 31.2 Å². The molecular weight excluding hydrogens is 306 g/mol. The van der Waals surface area contributed by atoms with Crippen LogP contribution in [0.4, 0.5) is 0 Å². The summed E-state index contributed by atoms with van der Waals surface area (Å²) in [4.78, 5) is 21.5. The average Bonchev–Trinajstić information content (AvgIpc) is 3.10. The quantitative estimate of drug-likeness (QED) is 0.789. The summed E-state index contributed by atoms with van der Waals surface area (Å²) in [5, 5.41) is 1.45. The molecule has 1 unspecified atom stereocenters. The molecule has 0 saturated heterocycles. The SMILES string of the molecule is CC(c1nc2ccccc2s1)N(C)C(=O)c1cc(Cl)c[nH]1. The van der Waals surface area contributed by atoms with Crippen LogP contribution in [0.5, 0.6) is 0 Å². The van der Waals surface area contributed by atoms with Crippen molar-refractivity contribution in [1.82, 2.24) is 14.9 Å². The molecule has 0 aliphatic heterocycles. The molecule has 2 heterocycles. The summed E-state index contributed by atoms with van der Waals surface area (Å²) in [6.07, 6.45) is 1.60. The molecule has 0 aliphatic carbocycles. The number of nitrogens with one attached hydrogen (secondary N) is 1. The van der Waals surface area contributed by atoms with Gasteiger partial charge in [-0.3, -0.25) is 4.79 Å².